The summed E-state index contributed by atoms with van der Waals surface area (Å²) in [6.45, 7) is 13.1. The van der Waals surface area contributed by atoms with Crippen LogP contribution in [-0.4, -0.2) is 102 Å². The van der Waals surface area contributed by atoms with Crippen LogP contribution in [0.4, 0.5) is 10.5 Å². The van der Waals surface area contributed by atoms with Crippen LogP contribution in [-0.2, 0) is 39.8 Å². The van der Waals surface area contributed by atoms with Gasteiger partial charge in [0.05, 0.1) is 29.8 Å². The number of methoxy groups -OCH3 is 1. The summed E-state index contributed by atoms with van der Waals surface area (Å²) in [5.74, 6) is -2.31. The van der Waals surface area contributed by atoms with Crippen molar-refractivity contribution in [3.05, 3.63) is 52.1 Å². The van der Waals surface area contributed by atoms with E-state index in [9.17, 15) is 24.3 Å². The number of thiol groups is 1. The Labute approximate surface area is 324 Å². The Morgan fingerprint density at radius 1 is 1.26 bits per heavy atom. The van der Waals surface area contributed by atoms with E-state index in [1.165, 1.54) is 16.8 Å². The molecule has 3 aliphatic rings. The topological polar surface area (TPSA) is 147 Å². The van der Waals surface area contributed by atoms with Gasteiger partial charge in [0.2, 0.25) is 11.8 Å². The minimum atomic E-state index is -1.60. The highest BCUT2D eigenvalue weighted by atomic mass is 35.5. The zero-order valence-corrected chi connectivity index (χ0v) is 34.2. The minimum absolute atomic E-state index is 0.0689. The second kappa shape index (κ2) is 16.7. The van der Waals surface area contributed by atoms with E-state index in [4.69, 9.17) is 30.5 Å². The molecule has 3 heterocycles. The second-order valence-corrected chi connectivity index (χ2v) is 17.0. The second-order valence-electron chi connectivity index (χ2n) is 15.6. The van der Waals surface area contributed by atoms with Crippen LogP contribution >= 0.6 is 24.2 Å². The Morgan fingerprint density at radius 3 is 2.60 bits per heavy atom. The molecule has 2 saturated heterocycles. The van der Waals surface area contributed by atoms with Crippen LogP contribution in [0.25, 0.3) is 0 Å². The number of anilines is 1. The number of benzene rings is 1. The summed E-state index contributed by atoms with van der Waals surface area (Å²) in [5.41, 5.74) is 0.484. The van der Waals surface area contributed by atoms with Crippen molar-refractivity contribution in [3.63, 3.8) is 0 Å². The third-order valence-electron chi connectivity index (χ3n) is 11.0. The van der Waals surface area contributed by atoms with Gasteiger partial charge in [0.25, 0.3) is 0 Å². The normalized spacial score (nSPS) is 32.5. The van der Waals surface area contributed by atoms with Crippen LogP contribution in [0, 0.1) is 18.8 Å². The fraction of sp³-hybridized carbons (Fsp3) is 0.641. The Hall–Kier alpha value is -3.10. The first-order valence-electron chi connectivity index (χ1n) is 18.1. The number of aliphatic hydroxyl groups is 1. The maximum atomic E-state index is 14.1. The number of carbonyl (C=O) groups excluding carboxylic acids is 4. The summed E-state index contributed by atoms with van der Waals surface area (Å²) in [4.78, 5) is 56.6. The van der Waals surface area contributed by atoms with Crippen molar-refractivity contribution in [2.75, 3.05) is 32.7 Å². The third-order valence-corrected chi connectivity index (χ3v) is 11.8. The van der Waals surface area contributed by atoms with E-state index in [-0.39, 0.29) is 31.1 Å². The van der Waals surface area contributed by atoms with Crippen molar-refractivity contribution in [1.29, 1.82) is 0 Å². The van der Waals surface area contributed by atoms with Gasteiger partial charge in [0, 0.05) is 50.6 Å². The molecule has 1 aromatic rings. The molecule has 3 amide bonds. The van der Waals surface area contributed by atoms with E-state index < -0.39 is 64.3 Å². The molecule has 0 spiro atoms. The molecule has 9 atom stereocenters. The summed E-state index contributed by atoms with van der Waals surface area (Å²) < 4.78 is 22.7. The number of alkyl carbamates (subject to hydrolysis) is 1. The number of hydrogen-bond donors (Lipinski definition) is 3. The predicted octanol–water partition coefficient (Wildman–Crippen LogP) is 5.55. The molecule has 294 valence electrons. The van der Waals surface area contributed by atoms with Gasteiger partial charge < -0.3 is 33.9 Å². The highest BCUT2D eigenvalue weighted by molar-refractivity contribution is 7.81. The highest BCUT2D eigenvalue weighted by Gasteiger charge is 2.64. The summed E-state index contributed by atoms with van der Waals surface area (Å²) >= 11 is 11.4. The molecule has 12 nitrogen and oxygen atoms in total. The molecular formula is C39H56ClN3O9S. The number of carbonyl (C=O) groups is 4. The summed E-state index contributed by atoms with van der Waals surface area (Å²) in [6, 6.07) is 2.86. The van der Waals surface area contributed by atoms with E-state index in [2.05, 4.69) is 17.9 Å². The monoisotopic (exact) mass is 777 g/mol. The Balaban J connectivity index is 1.68. The van der Waals surface area contributed by atoms with Gasteiger partial charge >= 0.3 is 12.1 Å². The quantitative estimate of drug-likeness (QED) is 0.176. The van der Waals surface area contributed by atoms with Crippen LogP contribution in [0.1, 0.15) is 78.4 Å². The van der Waals surface area contributed by atoms with Gasteiger partial charge in [-0.3, -0.25) is 14.9 Å². The smallest absolute Gasteiger partial charge is 0.409 e. The number of fused-ring (bicyclic) bond motifs is 5. The lowest BCUT2D eigenvalue weighted by Gasteiger charge is -2.41. The molecule has 4 rings (SSSR count). The molecule has 0 radical (unpaired) electrons. The largest absolute Gasteiger partial charge is 0.457 e. The number of epoxide rings is 1. The number of aryl methyl sites for hydroxylation is 1. The fourth-order valence-electron chi connectivity index (χ4n) is 7.10. The first kappa shape index (κ1) is 42.6. The number of likely N-dealkylation sites (N-methyl/N-ethyl adjacent to an activating group) is 1. The molecule has 2 N–H and O–H groups in total. The molecule has 53 heavy (non-hydrogen) atoms. The van der Waals surface area contributed by atoms with Crippen molar-refractivity contribution < 1.29 is 43.2 Å². The van der Waals surface area contributed by atoms with Crippen molar-refractivity contribution in [1.82, 2.24) is 10.2 Å². The molecule has 0 saturated carbocycles. The summed E-state index contributed by atoms with van der Waals surface area (Å²) in [7, 11) is 4.72. The maximum absolute atomic E-state index is 14.1. The first-order valence-corrected chi connectivity index (χ1v) is 18.9. The van der Waals surface area contributed by atoms with Crippen LogP contribution in [0.15, 0.2) is 35.9 Å². The average Bonchev–Trinajstić information content (AvgIpc) is 3.78. The lowest BCUT2D eigenvalue weighted by molar-refractivity contribution is -0.162. The maximum Gasteiger partial charge on any atom is 0.409 e. The lowest BCUT2D eigenvalue weighted by Crippen LogP contribution is -2.60. The molecule has 1 aromatic carbocycles. The van der Waals surface area contributed by atoms with Crippen LogP contribution < -0.4 is 10.2 Å². The fourth-order valence-corrected chi connectivity index (χ4v) is 7.57. The van der Waals surface area contributed by atoms with Gasteiger partial charge in [0.15, 0.2) is 0 Å². The van der Waals surface area contributed by atoms with E-state index in [1.807, 2.05) is 65.0 Å². The van der Waals surface area contributed by atoms with Crippen molar-refractivity contribution in [2.45, 2.75) is 121 Å². The third kappa shape index (κ3) is 9.96. The molecule has 4 bridgehead atoms. The number of esters is 1. The molecule has 14 heteroatoms. The molecular weight excluding hydrogens is 722 g/mol. The van der Waals surface area contributed by atoms with Gasteiger partial charge in [-0.05, 0) is 64.7 Å². The molecule has 0 aliphatic carbocycles. The average molecular weight is 778 g/mol. The number of nitrogens with zero attached hydrogens (tertiary/aromatic N) is 2. The van der Waals surface area contributed by atoms with Crippen LogP contribution in [0.5, 0.6) is 0 Å². The number of rotatable bonds is 8. The summed E-state index contributed by atoms with van der Waals surface area (Å²) in [6.07, 6.45) is 3.34. The first-order chi connectivity index (χ1) is 24.6. The van der Waals surface area contributed by atoms with Crippen LogP contribution in [0.2, 0.25) is 5.02 Å². The minimum Gasteiger partial charge on any atom is -0.457 e. The van der Waals surface area contributed by atoms with Crippen LogP contribution in [0.3, 0.4) is 0 Å². The van der Waals surface area contributed by atoms with Gasteiger partial charge in [-0.15, -0.1) is 0 Å². The number of halogens is 1. The van der Waals surface area contributed by atoms with Crippen molar-refractivity contribution in [2.24, 2.45) is 11.8 Å². The van der Waals surface area contributed by atoms with Gasteiger partial charge in [-0.25, -0.2) is 9.59 Å². The van der Waals surface area contributed by atoms with Crippen molar-refractivity contribution >= 4 is 53.8 Å². The van der Waals surface area contributed by atoms with Crippen molar-refractivity contribution in [3.8, 4) is 0 Å². The standard InChI is InChI=1S/C39H56ClN3O9S/c1-22-12-11-13-24(3)39(48)20-29(50-36(47)41-39)25(4)34-38(7,52-34)30(19-32(45)43(9)28-18-27(16-22)17-23(2)33(28)40)51-35(46)26(5)42(8)31(44)14-15-37(6,53)21-49-10/h11-13,17-18,24-26,29-30,34,48,53H,14-16,19-21H2,1-10H3,(H,41,47)/b13-11+,22-12+/t24-,25-,26-,29+,30?,34+,37?,38+,39+/m1/s1. The molecule has 2 unspecified atom stereocenters. The number of allylic oxidation sites excluding steroid dienone is 3. The zero-order chi connectivity index (χ0) is 39.6. The molecule has 3 aliphatic heterocycles. The van der Waals surface area contributed by atoms with Gasteiger partial charge in [-0.1, -0.05) is 55.3 Å². The van der Waals surface area contributed by atoms with E-state index in [1.54, 1.807) is 28.0 Å². The van der Waals surface area contributed by atoms with E-state index in [0.29, 0.717) is 30.2 Å². The lowest BCUT2D eigenvalue weighted by atomic mass is 9.82. The predicted molar refractivity (Wildman–Crippen MR) is 206 cm³/mol. The van der Waals surface area contributed by atoms with Gasteiger partial charge in [0.1, 0.15) is 29.6 Å². The van der Waals surface area contributed by atoms with Gasteiger partial charge in [-0.2, -0.15) is 12.6 Å². The highest BCUT2D eigenvalue weighted by Crippen LogP contribution is 2.49. The Kier molecular flexibility index (Phi) is 13.5. The number of nitrogens with one attached hydrogen (secondary N) is 1. The van der Waals surface area contributed by atoms with E-state index >= 15 is 0 Å². The number of amides is 3. The Bertz CT molecular complexity index is 1630. The molecule has 2 fully saturated rings. The number of hydrogen-bond acceptors (Lipinski definition) is 10. The SMILES string of the molecule is COCC(C)(S)CCC(=O)N(C)[C@H](C)C(=O)OC1CC(=O)N(C)c2cc(cc(C)c2Cl)C/C(C)=C/C=C/[C@@H](C)[C@@]2(O)C[C@H](OC(=O)N2)[C@@H](C)[C@@H]2O[C@@]12C. The zero-order valence-electron chi connectivity index (χ0n) is 32.5. The molecule has 0 aromatic heterocycles. The van der Waals surface area contributed by atoms with E-state index in [0.717, 1.165) is 16.7 Å². The Morgan fingerprint density at radius 2 is 1.94 bits per heavy atom. The number of ether oxygens (including phenoxy) is 4. The summed E-state index contributed by atoms with van der Waals surface area (Å²) in [5, 5.41) is 14.7.